The fourth-order valence-electron chi connectivity index (χ4n) is 3.96. The summed E-state index contributed by atoms with van der Waals surface area (Å²) in [4.78, 5) is 0. The number of methoxy groups -OCH3 is 1. The van der Waals surface area contributed by atoms with Crippen molar-refractivity contribution in [1.29, 1.82) is 0 Å². The second-order valence-electron chi connectivity index (χ2n) is 6.31. The van der Waals surface area contributed by atoms with Gasteiger partial charge in [0, 0.05) is 5.92 Å². The average molecular weight is 291 g/mol. The molecule has 0 spiro atoms. The van der Waals surface area contributed by atoms with Gasteiger partial charge in [0.2, 0.25) is 0 Å². The first-order valence-electron chi connectivity index (χ1n) is 7.94. The summed E-state index contributed by atoms with van der Waals surface area (Å²) in [6, 6.07) is 15.5. The highest BCUT2D eigenvalue weighted by atomic mass is 16.5. The summed E-state index contributed by atoms with van der Waals surface area (Å²) >= 11 is 0. The summed E-state index contributed by atoms with van der Waals surface area (Å²) in [6.07, 6.45) is 5.83. The number of ether oxygens (including phenoxy) is 1. The molecule has 0 bridgehead atoms. The third kappa shape index (κ3) is 2.02. The third-order valence-corrected chi connectivity index (χ3v) is 4.98. The van der Waals surface area contributed by atoms with Gasteiger partial charge in [0.15, 0.2) is 0 Å². The molecule has 2 aromatic carbocycles. The van der Waals surface area contributed by atoms with Gasteiger partial charge < -0.3 is 10.1 Å². The first-order valence-corrected chi connectivity index (χ1v) is 7.94. The zero-order chi connectivity index (χ0) is 15.1. The fraction of sp³-hybridized carbons (Fsp3) is 0.300. The van der Waals surface area contributed by atoms with E-state index in [9.17, 15) is 0 Å². The van der Waals surface area contributed by atoms with Crippen molar-refractivity contribution in [3.05, 3.63) is 71.3 Å². The molecule has 112 valence electrons. The Hall–Kier alpha value is -2.22. The monoisotopic (exact) mass is 291 g/mol. The van der Waals surface area contributed by atoms with E-state index in [4.69, 9.17) is 4.74 Å². The largest absolute Gasteiger partial charge is 0.495 e. The molecule has 0 saturated heterocycles. The van der Waals surface area contributed by atoms with Crippen LogP contribution < -0.4 is 10.1 Å². The van der Waals surface area contributed by atoms with Crippen molar-refractivity contribution in [2.75, 3.05) is 12.4 Å². The molecule has 4 rings (SSSR count). The summed E-state index contributed by atoms with van der Waals surface area (Å²) in [6.45, 7) is 2.16. The molecule has 2 aliphatic rings. The lowest BCUT2D eigenvalue weighted by atomic mass is 9.76. The van der Waals surface area contributed by atoms with Gasteiger partial charge >= 0.3 is 0 Å². The number of hydrogen-bond donors (Lipinski definition) is 1. The Morgan fingerprint density at radius 3 is 2.82 bits per heavy atom. The number of hydrogen-bond acceptors (Lipinski definition) is 2. The third-order valence-electron chi connectivity index (χ3n) is 4.98. The van der Waals surface area contributed by atoms with Crippen LogP contribution in [0.4, 0.5) is 5.69 Å². The molecule has 0 amide bonds. The fourth-order valence-corrected chi connectivity index (χ4v) is 3.96. The van der Waals surface area contributed by atoms with Crippen LogP contribution in [0, 0.1) is 12.8 Å². The molecule has 1 heterocycles. The van der Waals surface area contributed by atoms with Crippen LogP contribution in [0.15, 0.2) is 54.6 Å². The lowest BCUT2D eigenvalue weighted by Crippen LogP contribution is -2.29. The van der Waals surface area contributed by atoms with E-state index in [1.807, 2.05) is 6.07 Å². The molecule has 2 nitrogen and oxygen atoms in total. The van der Waals surface area contributed by atoms with Gasteiger partial charge in [-0.1, -0.05) is 54.1 Å². The van der Waals surface area contributed by atoms with Crippen molar-refractivity contribution < 1.29 is 4.74 Å². The maximum atomic E-state index is 5.58. The quantitative estimate of drug-likeness (QED) is 0.800. The highest BCUT2D eigenvalue weighted by Gasteiger charge is 2.38. The van der Waals surface area contributed by atoms with Gasteiger partial charge in [-0.25, -0.2) is 0 Å². The minimum Gasteiger partial charge on any atom is -0.495 e. The molecule has 3 unspecified atom stereocenters. The molecule has 0 fully saturated rings. The minimum absolute atomic E-state index is 0.337. The minimum atomic E-state index is 0.337. The van der Waals surface area contributed by atoms with Crippen LogP contribution >= 0.6 is 0 Å². The van der Waals surface area contributed by atoms with Gasteiger partial charge in [0.25, 0.3) is 0 Å². The van der Waals surface area contributed by atoms with Crippen LogP contribution in [0.3, 0.4) is 0 Å². The Labute approximate surface area is 131 Å². The van der Waals surface area contributed by atoms with Gasteiger partial charge in [-0.05, 0) is 36.5 Å². The van der Waals surface area contributed by atoms with E-state index in [1.165, 1.54) is 16.7 Å². The lowest BCUT2D eigenvalue weighted by Gasteiger charge is -2.38. The SMILES string of the molecule is COc1cccc2c1NC(c1cccc(C)c1)C1CC=CC21. The second-order valence-corrected chi connectivity index (χ2v) is 6.31. The molecule has 1 N–H and O–H groups in total. The number of anilines is 1. The van der Waals surface area contributed by atoms with E-state index in [1.54, 1.807) is 7.11 Å². The molecular formula is C20H21NO. The van der Waals surface area contributed by atoms with Crippen molar-refractivity contribution in [1.82, 2.24) is 0 Å². The van der Waals surface area contributed by atoms with Gasteiger partial charge in [0.1, 0.15) is 5.75 Å². The number of allylic oxidation sites excluding steroid dienone is 2. The summed E-state index contributed by atoms with van der Waals surface area (Å²) in [5, 5.41) is 3.77. The highest BCUT2D eigenvalue weighted by Crippen LogP contribution is 2.52. The summed E-state index contributed by atoms with van der Waals surface area (Å²) in [5.41, 5.74) is 5.20. The van der Waals surface area contributed by atoms with E-state index in [0.717, 1.165) is 17.9 Å². The van der Waals surface area contributed by atoms with Gasteiger partial charge in [-0.2, -0.15) is 0 Å². The van der Waals surface area contributed by atoms with Crippen molar-refractivity contribution in [2.24, 2.45) is 5.92 Å². The normalized spacial score (nSPS) is 25.3. The molecule has 1 aliphatic heterocycles. The van der Waals surface area contributed by atoms with Crippen LogP contribution in [0.25, 0.3) is 0 Å². The van der Waals surface area contributed by atoms with Gasteiger partial charge in [-0.3, -0.25) is 0 Å². The Morgan fingerprint density at radius 2 is 2.00 bits per heavy atom. The Balaban J connectivity index is 1.83. The Bertz CT molecular complexity index is 734. The maximum Gasteiger partial charge on any atom is 0.142 e. The highest BCUT2D eigenvalue weighted by molar-refractivity contribution is 5.67. The van der Waals surface area contributed by atoms with E-state index in [-0.39, 0.29) is 0 Å². The molecule has 2 heteroatoms. The van der Waals surface area contributed by atoms with Crippen LogP contribution in [-0.4, -0.2) is 7.11 Å². The molecule has 3 atom stereocenters. The number of rotatable bonds is 2. The maximum absolute atomic E-state index is 5.58. The molecule has 0 aromatic heterocycles. The molecular weight excluding hydrogens is 270 g/mol. The van der Waals surface area contributed by atoms with Crippen molar-refractivity contribution in [3.63, 3.8) is 0 Å². The number of fused-ring (bicyclic) bond motifs is 3. The summed E-state index contributed by atoms with van der Waals surface area (Å²) in [5.74, 6) is 2.01. The number of aryl methyl sites for hydroxylation is 1. The van der Waals surface area contributed by atoms with E-state index < -0.39 is 0 Å². The standard InChI is InChI=1S/C20H21NO/c1-13-6-3-7-14(12-13)19-16-9-4-8-15(16)17-10-5-11-18(22-2)20(17)21-19/h3-8,10-12,15-16,19,21H,9H2,1-2H3. The Kier molecular flexibility index (Phi) is 3.18. The van der Waals surface area contributed by atoms with E-state index in [0.29, 0.717) is 17.9 Å². The predicted molar refractivity (Wildman–Crippen MR) is 90.5 cm³/mol. The van der Waals surface area contributed by atoms with Gasteiger partial charge in [-0.15, -0.1) is 0 Å². The Morgan fingerprint density at radius 1 is 1.14 bits per heavy atom. The van der Waals surface area contributed by atoms with Crippen LogP contribution in [0.5, 0.6) is 5.75 Å². The zero-order valence-electron chi connectivity index (χ0n) is 13.0. The molecule has 0 radical (unpaired) electrons. The van der Waals surface area contributed by atoms with Crippen molar-refractivity contribution in [2.45, 2.75) is 25.3 Å². The molecule has 0 saturated carbocycles. The predicted octanol–water partition coefficient (Wildman–Crippen LogP) is 4.83. The van der Waals surface area contributed by atoms with Crippen molar-refractivity contribution in [3.8, 4) is 5.75 Å². The number of nitrogens with one attached hydrogen (secondary N) is 1. The number of para-hydroxylation sites is 1. The van der Waals surface area contributed by atoms with Crippen LogP contribution in [0.1, 0.15) is 35.1 Å². The first kappa shape index (κ1) is 13.4. The summed E-state index contributed by atoms with van der Waals surface area (Å²) < 4.78 is 5.58. The van der Waals surface area contributed by atoms with E-state index in [2.05, 4.69) is 60.8 Å². The average Bonchev–Trinajstić information content (AvgIpc) is 3.03. The summed E-state index contributed by atoms with van der Waals surface area (Å²) in [7, 11) is 1.75. The number of benzene rings is 2. The van der Waals surface area contributed by atoms with Gasteiger partial charge in [0.05, 0.1) is 18.8 Å². The lowest BCUT2D eigenvalue weighted by molar-refractivity contribution is 0.397. The van der Waals surface area contributed by atoms with Crippen LogP contribution in [-0.2, 0) is 0 Å². The topological polar surface area (TPSA) is 21.3 Å². The zero-order valence-corrected chi connectivity index (χ0v) is 13.0. The van der Waals surface area contributed by atoms with Crippen molar-refractivity contribution >= 4 is 5.69 Å². The molecule has 1 aliphatic carbocycles. The van der Waals surface area contributed by atoms with E-state index >= 15 is 0 Å². The molecule has 2 aromatic rings. The van der Waals surface area contributed by atoms with Crippen LogP contribution in [0.2, 0.25) is 0 Å². The smallest absolute Gasteiger partial charge is 0.142 e. The molecule has 22 heavy (non-hydrogen) atoms. The first-order chi connectivity index (χ1) is 10.8. The second kappa shape index (κ2) is 5.20.